The van der Waals surface area contributed by atoms with Gasteiger partial charge in [-0.1, -0.05) is 135 Å². The van der Waals surface area contributed by atoms with Crippen LogP contribution in [0.1, 0.15) is 84.6 Å². The van der Waals surface area contributed by atoms with Crippen LogP contribution in [0.3, 0.4) is 0 Å². The smallest absolute Gasteiger partial charge is 0.252 e. The van der Waals surface area contributed by atoms with Gasteiger partial charge >= 0.3 is 0 Å². The lowest BCUT2D eigenvalue weighted by Crippen LogP contribution is -2.61. The van der Waals surface area contributed by atoms with Crippen LogP contribution in [-0.2, 0) is 16.2 Å². The molecule has 4 heteroatoms. The second kappa shape index (κ2) is 13.0. The molecule has 0 N–H and O–H groups in total. The van der Waals surface area contributed by atoms with Crippen molar-refractivity contribution in [3.8, 4) is 11.1 Å². The van der Waals surface area contributed by atoms with E-state index in [1.165, 1.54) is 67.1 Å². The van der Waals surface area contributed by atoms with Gasteiger partial charge in [-0.25, -0.2) is 0 Å². The van der Waals surface area contributed by atoms with E-state index < -0.39 is 0 Å². The maximum atomic E-state index is 6.37. The van der Waals surface area contributed by atoms with Crippen molar-refractivity contribution in [2.75, 3.05) is 9.80 Å². The quantitative estimate of drug-likeness (QED) is 0.167. The van der Waals surface area contributed by atoms with Gasteiger partial charge in [0.15, 0.2) is 0 Å². The number of nitrogens with zero attached hydrogens (tertiary/aromatic N) is 2. The number of fused-ring (bicyclic) bond motifs is 7. The van der Waals surface area contributed by atoms with Gasteiger partial charge in [-0.15, -0.1) is 0 Å². The van der Waals surface area contributed by atoms with E-state index in [4.69, 9.17) is 4.42 Å². The largest absolute Gasteiger partial charge is 0.456 e. The molecule has 0 bridgehead atoms. The number of furan rings is 1. The lowest BCUT2D eigenvalue weighted by atomic mass is 9.33. The number of anilines is 6. The van der Waals surface area contributed by atoms with E-state index in [1.807, 2.05) is 6.07 Å². The number of rotatable bonds is 3. The third kappa shape index (κ3) is 6.10. The molecule has 10 rings (SSSR count). The van der Waals surface area contributed by atoms with Gasteiger partial charge in [-0.2, -0.15) is 0 Å². The lowest BCUT2D eigenvalue weighted by Gasteiger charge is -2.45. The Morgan fingerprint density at radius 3 is 1.75 bits per heavy atom. The normalized spacial score (nSPS) is 13.8. The maximum absolute atomic E-state index is 6.37. The molecule has 0 atom stereocenters. The van der Waals surface area contributed by atoms with Gasteiger partial charge in [0.1, 0.15) is 11.2 Å². The Hall–Kier alpha value is -6.00. The van der Waals surface area contributed by atoms with Gasteiger partial charge in [0.05, 0.1) is 0 Å². The van der Waals surface area contributed by atoms with E-state index in [0.717, 1.165) is 38.8 Å². The van der Waals surface area contributed by atoms with Crippen LogP contribution in [0.4, 0.5) is 34.1 Å². The summed E-state index contributed by atoms with van der Waals surface area (Å²) in [7, 11) is 0. The number of aryl methyl sites for hydroxylation is 1. The van der Waals surface area contributed by atoms with Crippen molar-refractivity contribution in [1.29, 1.82) is 0 Å². The summed E-state index contributed by atoms with van der Waals surface area (Å²) in [5, 5.41) is 2.29. The molecule has 2 aliphatic heterocycles. The molecule has 2 aliphatic rings. The van der Waals surface area contributed by atoms with Crippen molar-refractivity contribution >= 4 is 79.2 Å². The highest BCUT2D eigenvalue weighted by atomic mass is 16.3. The van der Waals surface area contributed by atoms with E-state index in [1.54, 1.807) is 0 Å². The Kier molecular flexibility index (Phi) is 8.22. The Balaban J connectivity index is 1.22. The minimum absolute atomic E-state index is 0.00392. The summed E-state index contributed by atoms with van der Waals surface area (Å²) < 4.78 is 6.37. The zero-order valence-corrected chi connectivity index (χ0v) is 36.2. The molecule has 292 valence electrons. The molecule has 0 fully saturated rings. The monoisotopic (exact) mass is 768 g/mol. The molecule has 0 saturated heterocycles. The number of hydrogen-bond donors (Lipinski definition) is 0. The highest BCUT2D eigenvalue weighted by Crippen LogP contribution is 2.47. The molecule has 0 spiro atoms. The predicted molar refractivity (Wildman–Crippen MR) is 254 cm³/mol. The standard InChI is InChI=1S/C55H53BN2O/c1-34-28-48-52-49(29-34)58(41-15-13-14-35(30-41)36-18-25-43-42-16-11-12-17-50(42)59-51(43)31-36)47-33-39(55(8,9)10)21-26-44(47)56(52)45-32-38(54(5,6)7)22-27-46(45)57(48)40-23-19-37(20-24-40)53(2,3)4/h11-33H,1-10H3. The van der Waals surface area contributed by atoms with Gasteiger partial charge < -0.3 is 14.2 Å². The van der Waals surface area contributed by atoms with Gasteiger partial charge in [0.2, 0.25) is 0 Å². The van der Waals surface area contributed by atoms with E-state index in [0.29, 0.717) is 0 Å². The van der Waals surface area contributed by atoms with Crippen LogP contribution >= 0.6 is 0 Å². The van der Waals surface area contributed by atoms with Crippen LogP contribution in [-0.4, -0.2) is 6.71 Å². The number of benzene rings is 7. The molecule has 0 aliphatic carbocycles. The van der Waals surface area contributed by atoms with Gasteiger partial charge in [-0.3, -0.25) is 0 Å². The molecule has 59 heavy (non-hydrogen) atoms. The molecular formula is C55H53BN2O. The summed E-state index contributed by atoms with van der Waals surface area (Å²) in [6.45, 7) is 23.1. The van der Waals surface area contributed by atoms with Crippen LogP contribution < -0.4 is 26.2 Å². The molecule has 7 aromatic carbocycles. The van der Waals surface area contributed by atoms with Crippen LogP contribution in [0, 0.1) is 6.92 Å². The molecule has 8 aromatic rings. The fraction of sp³-hybridized carbons (Fsp3) is 0.236. The Bertz CT molecular complexity index is 2970. The molecular weight excluding hydrogens is 715 g/mol. The molecule has 1 aromatic heterocycles. The van der Waals surface area contributed by atoms with E-state index in [2.05, 4.69) is 212 Å². The molecule has 0 amide bonds. The summed E-state index contributed by atoms with van der Waals surface area (Å²) >= 11 is 0. The average molecular weight is 769 g/mol. The summed E-state index contributed by atoms with van der Waals surface area (Å²) in [6, 6.07) is 52.7. The van der Waals surface area contributed by atoms with Crippen molar-refractivity contribution < 1.29 is 4.42 Å². The first kappa shape index (κ1) is 37.3. The first-order valence-corrected chi connectivity index (χ1v) is 21.2. The molecule has 0 saturated carbocycles. The van der Waals surface area contributed by atoms with Crippen molar-refractivity contribution in [2.24, 2.45) is 0 Å². The van der Waals surface area contributed by atoms with Crippen LogP contribution in [0.15, 0.2) is 144 Å². The highest BCUT2D eigenvalue weighted by molar-refractivity contribution is 7.00. The Labute approximate surface area is 350 Å². The summed E-state index contributed by atoms with van der Waals surface area (Å²) in [5.41, 5.74) is 20.7. The summed E-state index contributed by atoms with van der Waals surface area (Å²) in [4.78, 5) is 5.08. The van der Waals surface area contributed by atoms with Crippen LogP contribution in [0.25, 0.3) is 33.1 Å². The minimum Gasteiger partial charge on any atom is -0.456 e. The zero-order chi connectivity index (χ0) is 41.2. The van der Waals surface area contributed by atoms with Crippen molar-refractivity contribution in [1.82, 2.24) is 0 Å². The summed E-state index contributed by atoms with van der Waals surface area (Å²) in [6.07, 6.45) is 0. The molecule has 3 nitrogen and oxygen atoms in total. The fourth-order valence-electron chi connectivity index (χ4n) is 9.46. The van der Waals surface area contributed by atoms with E-state index in [-0.39, 0.29) is 23.0 Å². The van der Waals surface area contributed by atoms with Crippen molar-refractivity contribution in [2.45, 2.75) is 85.5 Å². The SMILES string of the molecule is Cc1cc2c3c(c1)N(c1cccc(-c4ccc5c(c4)oc4ccccc45)c1)c1cc(C(C)(C)C)ccc1B3c1cc(C(C)(C)C)ccc1N2c1ccc(C(C)(C)C)cc1. The van der Waals surface area contributed by atoms with Gasteiger partial charge in [0, 0.05) is 44.9 Å². The fourth-order valence-corrected chi connectivity index (χ4v) is 9.46. The molecule has 0 radical (unpaired) electrons. The van der Waals surface area contributed by atoms with Crippen LogP contribution in [0.5, 0.6) is 0 Å². The van der Waals surface area contributed by atoms with Crippen molar-refractivity contribution in [3.63, 3.8) is 0 Å². The van der Waals surface area contributed by atoms with Crippen molar-refractivity contribution in [3.05, 3.63) is 162 Å². The molecule has 3 heterocycles. The second-order valence-corrected chi connectivity index (χ2v) is 20.0. The second-order valence-electron chi connectivity index (χ2n) is 20.0. The minimum atomic E-state index is -0.0253. The maximum Gasteiger partial charge on any atom is 0.252 e. The third-order valence-electron chi connectivity index (χ3n) is 12.8. The topological polar surface area (TPSA) is 19.6 Å². The van der Waals surface area contributed by atoms with Crippen LogP contribution in [0.2, 0.25) is 0 Å². The first-order chi connectivity index (χ1) is 28.0. The van der Waals surface area contributed by atoms with E-state index in [9.17, 15) is 0 Å². The van der Waals surface area contributed by atoms with Gasteiger partial charge in [-0.05, 0) is 140 Å². The number of para-hydroxylation sites is 1. The van der Waals surface area contributed by atoms with E-state index >= 15 is 0 Å². The average Bonchev–Trinajstić information content (AvgIpc) is 3.57. The van der Waals surface area contributed by atoms with Gasteiger partial charge in [0.25, 0.3) is 6.71 Å². The Morgan fingerprint density at radius 1 is 0.424 bits per heavy atom. The summed E-state index contributed by atoms with van der Waals surface area (Å²) in [5.74, 6) is 0. The predicted octanol–water partition coefficient (Wildman–Crippen LogP) is 13.5. The first-order valence-electron chi connectivity index (χ1n) is 21.2. The highest BCUT2D eigenvalue weighted by Gasteiger charge is 2.44. The third-order valence-corrected chi connectivity index (χ3v) is 12.8. The Morgan fingerprint density at radius 2 is 1.03 bits per heavy atom. The zero-order valence-electron chi connectivity index (χ0n) is 36.2. The lowest BCUT2D eigenvalue weighted by molar-refractivity contribution is 0.590. The number of hydrogen-bond acceptors (Lipinski definition) is 3. The molecule has 0 unspecified atom stereocenters.